The molecule has 0 bridgehead atoms. The zero-order chi connectivity index (χ0) is 17.2. The molecule has 0 N–H and O–H groups in total. The van der Waals surface area contributed by atoms with Crippen LogP contribution in [0.2, 0.25) is 0 Å². The summed E-state index contributed by atoms with van der Waals surface area (Å²) in [6.07, 6.45) is 3.14. The molecular weight excluding hydrogens is 320 g/mol. The molecule has 3 heterocycles. The van der Waals surface area contributed by atoms with Gasteiger partial charge in [0, 0.05) is 12.4 Å². The van der Waals surface area contributed by atoms with E-state index < -0.39 is 0 Å². The number of methoxy groups -OCH3 is 1. The van der Waals surface area contributed by atoms with Crippen LogP contribution in [0.5, 0.6) is 5.75 Å². The molecule has 0 saturated carbocycles. The molecule has 4 aromatic rings. The summed E-state index contributed by atoms with van der Waals surface area (Å²) >= 11 is 0. The second-order valence-corrected chi connectivity index (χ2v) is 5.40. The van der Waals surface area contributed by atoms with Gasteiger partial charge in [-0.25, -0.2) is 4.98 Å². The van der Waals surface area contributed by atoms with Crippen LogP contribution in [0.25, 0.3) is 17.0 Å². The smallest absolute Gasteiger partial charge is 0.269 e. The molecule has 0 aliphatic heterocycles. The topological polar surface area (TPSA) is 87.2 Å². The van der Waals surface area contributed by atoms with Gasteiger partial charge in [0.15, 0.2) is 0 Å². The summed E-state index contributed by atoms with van der Waals surface area (Å²) in [6, 6.07) is 12.9. The number of rotatable bonds is 4. The van der Waals surface area contributed by atoms with Gasteiger partial charge in [-0.05, 0) is 35.0 Å². The van der Waals surface area contributed by atoms with Gasteiger partial charge in [0.05, 0.1) is 13.7 Å². The number of hydrogen-bond acceptors (Lipinski definition) is 6. The summed E-state index contributed by atoms with van der Waals surface area (Å²) in [4.78, 5) is 18.3. The minimum atomic E-state index is -0.227. The van der Waals surface area contributed by atoms with Crippen molar-refractivity contribution in [1.29, 1.82) is 0 Å². The van der Waals surface area contributed by atoms with E-state index in [0.717, 1.165) is 11.3 Å². The summed E-state index contributed by atoms with van der Waals surface area (Å²) in [5, 5.41) is 12.3. The third kappa shape index (κ3) is 2.85. The van der Waals surface area contributed by atoms with E-state index in [1.807, 2.05) is 30.3 Å². The Morgan fingerprint density at radius 2 is 1.96 bits per heavy atom. The van der Waals surface area contributed by atoms with Crippen LogP contribution in [0, 0.1) is 0 Å². The fraction of sp³-hybridized carbons (Fsp3) is 0.118. The summed E-state index contributed by atoms with van der Waals surface area (Å²) in [5.41, 5.74) is 1.65. The quantitative estimate of drug-likeness (QED) is 0.561. The number of tetrazole rings is 1. The van der Waals surface area contributed by atoms with Gasteiger partial charge in [-0.2, -0.15) is 4.80 Å². The second kappa shape index (κ2) is 6.16. The van der Waals surface area contributed by atoms with Crippen LogP contribution >= 0.6 is 0 Å². The first-order chi connectivity index (χ1) is 12.2. The SMILES string of the molecule is COc1ccc(Cn2nnc(-c3cnc4ccccn4c3=O)n2)cc1. The summed E-state index contributed by atoms with van der Waals surface area (Å²) in [6.45, 7) is 0.444. The molecule has 3 aromatic heterocycles. The maximum absolute atomic E-state index is 12.6. The van der Waals surface area contributed by atoms with E-state index >= 15 is 0 Å². The van der Waals surface area contributed by atoms with Crippen molar-refractivity contribution in [1.82, 2.24) is 29.6 Å². The van der Waals surface area contributed by atoms with E-state index in [4.69, 9.17) is 4.74 Å². The fourth-order valence-electron chi connectivity index (χ4n) is 2.49. The van der Waals surface area contributed by atoms with E-state index in [2.05, 4.69) is 20.4 Å². The molecular formula is C17H14N6O2. The van der Waals surface area contributed by atoms with Gasteiger partial charge in [-0.15, -0.1) is 10.2 Å². The lowest BCUT2D eigenvalue weighted by atomic mass is 10.2. The van der Waals surface area contributed by atoms with Crippen molar-refractivity contribution in [2.24, 2.45) is 0 Å². The Balaban J connectivity index is 1.64. The largest absolute Gasteiger partial charge is 0.497 e. The lowest BCUT2D eigenvalue weighted by Crippen LogP contribution is -2.17. The molecule has 1 aromatic carbocycles. The minimum absolute atomic E-state index is 0.227. The molecule has 0 unspecified atom stereocenters. The van der Waals surface area contributed by atoms with Crippen molar-refractivity contribution in [3.05, 3.63) is 70.8 Å². The van der Waals surface area contributed by atoms with Crippen LogP contribution in [0.3, 0.4) is 0 Å². The highest BCUT2D eigenvalue weighted by Crippen LogP contribution is 2.13. The second-order valence-electron chi connectivity index (χ2n) is 5.40. The average molecular weight is 334 g/mol. The van der Waals surface area contributed by atoms with Gasteiger partial charge < -0.3 is 4.74 Å². The first-order valence-electron chi connectivity index (χ1n) is 7.62. The number of fused-ring (bicyclic) bond motifs is 1. The average Bonchev–Trinajstić information content (AvgIpc) is 3.11. The van der Waals surface area contributed by atoms with Gasteiger partial charge >= 0.3 is 0 Å². The van der Waals surface area contributed by atoms with E-state index in [1.54, 1.807) is 25.4 Å². The molecule has 0 saturated heterocycles. The minimum Gasteiger partial charge on any atom is -0.497 e. The molecule has 8 nitrogen and oxygen atoms in total. The summed E-state index contributed by atoms with van der Waals surface area (Å²) in [7, 11) is 1.62. The highest BCUT2D eigenvalue weighted by Gasteiger charge is 2.13. The third-order valence-corrected chi connectivity index (χ3v) is 3.79. The molecule has 0 amide bonds. The molecule has 0 atom stereocenters. The van der Waals surface area contributed by atoms with Gasteiger partial charge in [-0.3, -0.25) is 9.20 Å². The van der Waals surface area contributed by atoms with E-state index in [9.17, 15) is 4.79 Å². The number of nitrogens with zero attached hydrogens (tertiary/aromatic N) is 6. The zero-order valence-electron chi connectivity index (χ0n) is 13.4. The van der Waals surface area contributed by atoms with Crippen molar-refractivity contribution in [3.63, 3.8) is 0 Å². The molecule has 8 heteroatoms. The van der Waals surface area contributed by atoms with Gasteiger partial charge in [0.2, 0.25) is 5.82 Å². The van der Waals surface area contributed by atoms with Crippen molar-refractivity contribution in [2.75, 3.05) is 7.11 Å². The highest BCUT2D eigenvalue weighted by atomic mass is 16.5. The van der Waals surface area contributed by atoms with Crippen molar-refractivity contribution in [3.8, 4) is 17.1 Å². The Bertz CT molecular complexity index is 1080. The maximum Gasteiger partial charge on any atom is 0.269 e. The molecule has 0 aliphatic rings. The Morgan fingerprint density at radius 1 is 1.12 bits per heavy atom. The maximum atomic E-state index is 12.6. The molecule has 0 aliphatic carbocycles. The predicted octanol–water partition coefficient (Wildman–Crippen LogP) is 1.40. The lowest BCUT2D eigenvalue weighted by molar-refractivity contribution is 0.414. The fourth-order valence-corrected chi connectivity index (χ4v) is 2.49. The van der Waals surface area contributed by atoms with Crippen LogP contribution in [-0.2, 0) is 6.54 Å². The Kier molecular flexibility index (Phi) is 3.70. The lowest BCUT2D eigenvalue weighted by Gasteiger charge is -2.02. The standard InChI is InChI=1S/C17H14N6O2/c1-25-13-7-5-12(6-8-13)11-23-20-16(19-21-23)14-10-18-15-4-2-3-9-22(15)17(14)24/h2-10H,11H2,1H3. The normalized spacial score (nSPS) is 10.9. The van der Waals surface area contributed by atoms with Crippen molar-refractivity contribution in [2.45, 2.75) is 6.54 Å². The molecule has 0 fully saturated rings. The molecule has 4 rings (SSSR count). The number of benzene rings is 1. The van der Waals surface area contributed by atoms with E-state index in [0.29, 0.717) is 17.8 Å². The molecule has 124 valence electrons. The number of hydrogen-bond donors (Lipinski definition) is 0. The zero-order valence-corrected chi connectivity index (χ0v) is 13.4. The number of pyridine rings is 1. The van der Waals surface area contributed by atoms with Crippen LogP contribution < -0.4 is 10.3 Å². The van der Waals surface area contributed by atoms with Crippen LogP contribution in [0.1, 0.15) is 5.56 Å². The van der Waals surface area contributed by atoms with Gasteiger partial charge in [-0.1, -0.05) is 18.2 Å². The molecule has 0 spiro atoms. The highest BCUT2D eigenvalue weighted by molar-refractivity contribution is 5.53. The summed E-state index contributed by atoms with van der Waals surface area (Å²) in [5.74, 6) is 1.04. The van der Waals surface area contributed by atoms with E-state index in [1.165, 1.54) is 15.4 Å². The number of ether oxygens (including phenoxy) is 1. The van der Waals surface area contributed by atoms with Gasteiger partial charge in [0.25, 0.3) is 5.56 Å². The molecule has 25 heavy (non-hydrogen) atoms. The predicted molar refractivity (Wildman–Crippen MR) is 90.4 cm³/mol. The van der Waals surface area contributed by atoms with Gasteiger partial charge in [0.1, 0.15) is 17.0 Å². The Morgan fingerprint density at radius 3 is 2.76 bits per heavy atom. The van der Waals surface area contributed by atoms with Crippen molar-refractivity contribution >= 4 is 5.65 Å². The number of aromatic nitrogens is 6. The third-order valence-electron chi connectivity index (χ3n) is 3.79. The first-order valence-corrected chi connectivity index (χ1v) is 7.62. The van der Waals surface area contributed by atoms with Crippen molar-refractivity contribution < 1.29 is 4.74 Å². The van der Waals surface area contributed by atoms with Crippen LogP contribution in [0.4, 0.5) is 0 Å². The first kappa shape index (κ1) is 15.0. The monoisotopic (exact) mass is 334 g/mol. The Labute approximate surface area is 142 Å². The Hall–Kier alpha value is -3.55. The van der Waals surface area contributed by atoms with Crippen LogP contribution in [0.15, 0.2) is 59.7 Å². The summed E-state index contributed by atoms with van der Waals surface area (Å²) < 4.78 is 6.59. The van der Waals surface area contributed by atoms with E-state index in [-0.39, 0.29) is 11.4 Å². The van der Waals surface area contributed by atoms with Crippen LogP contribution in [-0.4, -0.2) is 36.7 Å². The molecule has 0 radical (unpaired) electrons.